The van der Waals surface area contributed by atoms with E-state index in [1.807, 2.05) is 31.2 Å². The summed E-state index contributed by atoms with van der Waals surface area (Å²) in [6.07, 6.45) is 0. The molecule has 1 fully saturated rings. The molecular formula is C25H27NO4S. The van der Waals surface area contributed by atoms with Gasteiger partial charge >= 0.3 is 5.97 Å². The van der Waals surface area contributed by atoms with E-state index in [0.29, 0.717) is 19.0 Å². The Morgan fingerprint density at radius 2 is 1.77 bits per heavy atom. The van der Waals surface area contributed by atoms with Gasteiger partial charge in [0.1, 0.15) is 30.8 Å². The Morgan fingerprint density at radius 3 is 2.55 bits per heavy atom. The van der Waals surface area contributed by atoms with Crippen molar-refractivity contribution in [3.63, 3.8) is 0 Å². The van der Waals surface area contributed by atoms with E-state index in [1.165, 1.54) is 5.56 Å². The van der Waals surface area contributed by atoms with E-state index in [9.17, 15) is 9.90 Å². The van der Waals surface area contributed by atoms with Crippen molar-refractivity contribution in [1.29, 1.82) is 0 Å². The molecule has 4 rings (SSSR count). The molecule has 1 aliphatic heterocycles. The summed E-state index contributed by atoms with van der Waals surface area (Å²) in [7, 11) is 0. The smallest absolute Gasteiger partial charge is 0.321 e. The highest BCUT2D eigenvalue weighted by atomic mass is 32.2. The van der Waals surface area contributed by atoms with Gasteiger partial charge in [0.15, 0.2) is 0 Å². The summed E-state index contributed by atoms with van der Waals surface area (Å²) < 4.78 is 12.2. The first kappa shape index (κ1) is 21.5. The third kappa shape index (κ3) is 4.50. The van der Waals surface area contributed by atoms with Crippen LogP contribution in [0.4, 0.5) is 0 Å². The molecule has 0 aromatic heterocycles. The molecule has 6 heteroatoms. The number of fused-ring (bicyclic) bond motifs is 1. The average molecular weight is 438 g/mol. The van der Waals surface area contributed by atoms with Crippen LogP contribution in [0.5, 0.6) is 11.5 Å². The van der Waals surface area contributed by atoms with Crippen molar-refractivity contribution in [3.8, 4) is 11.5 Å². The Bertz CT molecular complexity index is 1110. The van der Waals surface area contributed by atoms with Crippen molar-refractivity contribution in [2.75, 3.05) is 19.0 Å². The zero-order chi connectivity index (χ0) is 22.0. The predicted molar refractivity (Wildman–Crippen MR) is 125 cm³/mol. The van der Waals surface area contributed by atoms with Crippen LogP contribution < -0.4 is 14.8 Å². The maximum absolute atomic E-state index is 11.4. The number of benzene rings is 3. The molecule has 2 atom stereocenters. The molecule has 162 valence electrons. The lowest BCUT2D eigenvalue weighted by Gasteiger charge is -2.20. The average Bonchev–Trinajstić information content (AvgIpc) is 3.26. The number of carbonyl (C=O) groups is 1. The van der Waals surface area contributed by atoms with E-state index in [0.717, 1.165) is 39.0 Å². The highest BCUT2D eigenvalue weighted by Crippen LogP contribution is 2.42. The summed E-state index contributed by atoms with van der Waals surface area (Å²) in [5.74, 6) is 1.38. The molecule has 0 amide bonds. The van der Waals surface area contributed by atoms with Crippen molar-refractivity contribution in [3.05, 3.63) is 70.8 Å². The molecule has 31 heavy (non-hydrogen) atoms. The lowest BCUT2D eigenvalue weighted by atomic mass is 10.0. The van der Waals surface area contributed by atoms with Gasteiger partial charge in [-0.2, -0.15) is 0 Å². The topological polar surface area (TPSA) is 67.8 Å². The highest BCUT2D eigenvalue weighted by Gasteiger charge is 2.33. The van der Waals surface area contributed by atoms with Gasteiger partial charge in [0.25, 0.3) is 0 Å². The quantitative estimate of drug-likeness (QED) is 0.507. The molecule has 0 radical (unpaired) electrons. The predicted octanol–water partition coefficient (Wildman–Crippen LogP) is 5.01. The van der Waals surface area contributed by atoms with E-state index in [4.69, 9.17) is 9.47 Å². The molecular weight excluding hydrogens is 410 g/mol. The molecule has 2 N–H and O–H groups in total. The van der Waals surface area contributed by atoms with Crippen LogP contribution in [0.1, 0.15) is 27.6 Å². The van der Waals surface area contributed by atoms with Crippen molar-refractivity contribution < 1.29 is 19.4 Å². The number of rotatable bonds is 7. The first-order chi connectivity index (χ1) is 15.0. The molecule has 1 aliphatic rings. The molecule has 0 aliphatic carbocycles. The zero-order valence-electron chi connectivity index (χ0n) is 18.0. The number of hydrogen-bond donors (Lipinski definition) is 2. The van der Waals surface area contributed by atoms with E-state index in [1.54, 1.807) is 11.8 Å². The van der Waals surface area contributed by atoms with Crippen LogP contribution in [0.2, 0.25) is 0 Å². The first-order valence-corrected chi connectivity index (χ1v) is 11.4. The second-order valence-electron chi connectivity index (χ2n) is 7.82. The van der Waals surface area contributed by atoms with Crippen LogP contribution in [0.3, 0.4) is 0 Å². The fourth-order valence-corrected chi connectivity index (χ4v) is 5.19. The molecule has 2 unspecified atom stereocenters. The summed E-state index contributed by atoms with van der Waals surface area (Å²) in [6, 6.07) is 15.7. The normalized spacial score (nSPS) is 18.3. The fourth-order valence-electron chi connectivity index (χ4n) is 3.90. The van der Waals surface area contributed by atoms with Gasteiger partial charge in [-0.3, -0.25) is 10.1 Å². The number of aryl methyl sites for hydroxylation is 2. The summed E-state index contributed by atoms with van der Waals surface area (Å²) in [5.41, 5.74) is 4.46. The number of hydrogen-bond acceptors (Lipinski definition) is 5. The van der Waals surface area contributed by atoms with Crippen molar-refractivity contribution >= 4 is 28.5 Å². The Labute approximate surface area is 186 Å². The summed E-state index contributed by atoms with van der Waals surface area (Å²) in [6.45, 7) is 7.03. The number of carboxylic acid groups (broad SMARTS) is 1. The maximum atomic E-state index is 11.4. The van der Waals surface area contributed by atoms with Crippen molar-refractivity contribution in [2.45, 2.75) is 32.2 Å². The lowest BCUT2D eigenvalue weighted by Crippen LogP contribution is -2.33. The Kier molecular flexibility index (Phi) is 6.39. The molecule has 3 aromatic rings. The van der Waals surface area contributed by atoms with E-state index < -0.39 is 12.0 Å². The second kappa shape index (κ2) is 9.20. The van der Waals surface area contributed by atoms with E-state index in [2.05, 4.69) is 43.4 Å². The van der Waals surface area contributed by atoms with E-state index in [-0.39, 0.29) is 5.37 Å². The lowest BCUT2D eigenvalue weighted by molar-refractivity contribution is -0.138. The minimum Gasteiger partial charge on any atom is -0.490 e. The Morgan fingerprint density at radius 1 is 1.03 bits per heavy atom. The standard InChI is InChI=1S/C25H27NO4S/c1-15-8-9-16(2)23(17(15)3)30-13-12-29-21-11-10-18-6-4-5-7-19(18)22(21)24-26-20(14-31-24)25(27)28/h4-11,20,24,26H,12-14H2,1-3H3,(H,27,28). The molecule has 0 bridgehead atoms. The van der Waals surface area contributed by atoms with Gasteiger partial charge in [0, 0.05) is 11.3 Å². The zero-order valence-corrected chi connectivity index (χ0v) is 18.8. The van der Waals surface area contributed by atoms with Crippen LogP contribution in [0.15, 0.2) is 48.5 Å². The van der Waals surface area contributed by atoms with Gasteiger partial charge in [0.2, 0.25) is 0 Å². The van der Waals surface area contributed by atoms with Gasteiger partial charge < -0.3 is 14.6 Å². The highest BCUT2D eigenvalue weighted by molar-refractivity contribution is 7.99. The van der Waals surface area contributed by atoms with Gasteiger partial charge in [-0.05, 0) is 54.3 Å². The van der Waals surface area contributed by atoms with Crippen molar-refractivity contribution in [1.82, 2.24) is 5.32 Å². The number of carboxylic acids is 1. The van der Waals surface area contributed by atoms with Gasteiger partial charge in [-0.15, -0.1) is 11.8 Å². The van der Waals surface area contributed by atoms with Gasteiger partial charge in [-0.25, -0.2) is 0 Å². The molecule has 1 saturated heterocycles. The molecule has 0 spiro atoms. The van der Waals surface area contributed by atoms with Gasteiger partial charge in [-0.1, -0.05) is 42.5 Å². The monoisotopic (exact) mass is 437 g/mol. The SMILES string of the molecule is Cc1ccc(C)c(OCCOc2ccc3ccccc3c2C2NC(C(=O)O)CS2)c1C. The third-order valence-electron chi connectivity index (χ3n) is 5.73. The third-order valence-corrected chi connectivity index (χ3v) is 6.96. The van der Waals surface area contributed by atoms with Gasteiger partial charge in [0.05, 0.1) is 5.37 Å². The minimum atomic E-state index is -0.824. The molecule has 5 nitrogen and oxygen atoms in total. The maximum Gasteiger partial charge on any atom is 0.321 e. The van der Waals surface area contributed by atoms with Crippen LogP contribution in [0.25, 0.3) is 10.8 Å². The van der Waals surface area contributed by atoms with E-state index >= 15 is 0 Å². The fraction of sp³-hybridized carbons (Fsp3) is 0.320. The summed E-state index contributed by atoms with van der Waals surface area (Å²) in [4.78, 5) is 11.4. The minimum absolute atomic E-state index is 0.135. The Hall–Kier alpha value is -2.70. The van der Waals surface area contributed by atoms with Crippen molar-refractivity contribution in [2.24, 2.45) is 0 Å². The number of ether oxygens (including phenoxy) is 2. The largest absolute Gasteiger partial charge is 0.490 e. The summed E-state index contributed by atoms with van der Waals surface area (Å²) >= 11 is 1.60. The van der Waals surface area contributed by atoms with Crippen LogP contribution in [0, 0.1) is 20.8 Å². The molecule has 0 saturated carbocycles. The van der Waals surface area contributed by atoms with Crippen LogP contribution in [-0.4, -0.2) is 36.1 Å². The molecule has 3 aromatic carbocycles. The number of thioether (sulfide) groups is 1. The second-order valence-corrected chi connectivity index (χ2v) is 8.96. The first-order valence-electron chi connectivity index (χ1n) is 10.4. The molecule has 1 heterocycles. The number of nitrogens with one attached hydrogen (secondary N) is 1. The van der Waals surface area contributed by atoms with Crippen LogP contribution >= 0.6 is 11.8 Å². The summed E-state index contributed by atoms with van der Waals surface area (Å²) in [5, 5.41) is 14.7. The Balaban J connectivity index is 1.53. The van der Waals surface area contributed by atoms with Crippen LogP contribution in [-0.2, 0) is 4.79 Å². The number of aliphatic carboxylic acids is 1.